The van der Waals surface area contributed by atoms with Crippen molar-refractivity contribution in [3.63, 3.8) is 0 Å². The highest BCUT2D eigenvalue weighted by molar-refractivity contribution is 9.10. The van der Waals surface area contributed by atoms with Crippen LogP contribution in [0.15, 0.2) is 22.8 Å². The molecule has 0 aliphatic rings. The van der Waals surface area contributed by atoms with Crippen LogP contribution in [0, 0.1) is 0 Å². The monoisotopic (exact) mass is 290 g/mol. The Morgan fingerprint density at radius 3 is 2.93 bits per heavy atom. The standard InChI is InChI=1S/C10H15BrN2OS/c1-15(14)6-2-5-12-8-10-4-3-9(11)7-13-10/h3-4,7,12H,2,5-6,8H2,1H3. The number of rotatable bonds is 6. The fourth-order valence-corrected chi connectivity index (χ4v) is 1.91. The molecule has 0 aliphatic carbocycles. The van der Waals surface area contributed by atoms with Crippen LogP contribution >= 0.6 is 15.9 Å². The summed E-state index contributed by atoms with van der Waals surface area (Å²) in [6.45, 7) is 1.65. The molecule has 5 heteroatoms. The topological polar surface area (TPSA) is 42.0 Å². The van der Waals surface area contributed by atoms with E-state index in [4.69, 9.17) is 0 Å². The van der Waals surface area contributed by atoms with Crippen LogP contribution in [0.4, 0.5) is 0 Å². The molecule has 0 aliphatic heterocycles. The minimum Gasteiger partial charge on any atom is -0.311 e. The van der Waals surface area contributed by atoms with Crippen molar-refractivity contribution in [2.45, 2.75) is 13.0 Å². The Hall–Kier alpha value is -0.260. The predicted octanol–water partition coefficient (Wildman–Crippen LogP) is 1.70. The summed E-state index contributed by atoms with van der Waals surface area (Å²) in [5, 5.41) is 3.26. The van der Waals surface area contributed by atoms with Crippen LogP contribution in [-0.4, -0.2) is 27.7 Å². The van der Waals surface area contributed by atoms with Gasteiger partial charge in [0.05, 0.1) is 5.69 Å². The van der Waals surface area contributed by atoms with Gasteiger partial charge in [-0.15, -0.1) is 0 Å². The van der Waals surface area contributed by atoms with E-state index in [2.05, 4.69) is 26.2 Å². The van der Waals surface area contributed by atoms with Gasteiger partial charge in [0.15, 0.2) is 0 Å². The second-order valence-corrected chi connectivity index (χ2v) is 5.75. The molecular weight excluding hydrogens is 276 g/mol. The fourth-order valence-electron chi connectivity index (χ4n) is 1.13. The van der Waals surface area contributed by atoms with E-state index in [1.165, 1.54) is 0 Å². The number of hydrogen-bond donors (Lipinski definition) is 1. The summed E-state index contributed by atoms with van der Waals surface area (Å²) < 4.78 is 11.8. The zero-order valence-corrected chi connectivity index (χ0v) is 11.1. The van der Waals surface area contributed by atoms with Crippen molar-refractivity contribution < 1.29 is 4.21 Å². The first-order chi connectivity index (χ1) is 7.18. The number of nitrogens with one attached hydrogen (secondary N) is 1. The van der Waals surface area contributed by atoms with Crippen LogP contribution in [0.1, 0.15) is 12.1 Å². The lowest BCUT2D eigenvalue weighted by atomic mass is 10.3. The Balaban J connectivity index is 2.15. The van der Waals surface area contributed by atoms with Gasteiger partial charge >= 0.3 is 0 Å². The Morgan fingerprint density at radius 1 is 1.53 bits per heavy atom. The summed E-state index contributed by atoms with van der Waals surface area (Å²) in [5.74, 6) is 0.765. The van der Waals surface area contributed by atoms with Gasteiger partial charge in [-0.05, 0) is 41.0 Å². The Kier molecular flexibility index (Phi) is 6.05. The molecule has 0 saturated carbocycles. The van der Waals surface area contributed by atoms with E-state index in [1.807, 2.05) is 12.1 Å². The molecule has 0 spiro atoms. The molecule has 0 radical (unpaired) electrons. The summed E-state index contributed by atoms with van der Waals surface area (Å²) in [4.78, 5) is 4.24. The maximum atomic E-state index is 10.8. The minimum atomic E-state index is -0.678. The van der Waals surface area contributed by atoms with Crippen molar-refractivity contribution in [2.75, 3.05) is 18.6 Å². The van der Waals surface area contributed by atoms with Crippen LogP contribution < -0.4 is 5.32 Å². The van der Waals surface area contributed by atoms with Crippen molar-refractivity contribution in [1.29, 1.82) is 0 Å². The Morgan fingerprint density at radius 2 is 2.33 bits per heavy atom. The average molecular weight is 291 g/mol. The van der Waals surface area contributed by atoms with Gasteiger partial charge in [0, 0.05) is 40.0 Å². The zero-order valence-electron chi connectivity index (χ0n) is 8.70. The number of pyridine rings is 1. The molecule has 0 amide bonds. The van der Waals surface area contributed by atoms with Gasteiger partial charge in [-0.1, -0.05) is 0 Å². The van der Waals surface area contributed by atoms with Gasteiger partial charge < -0.3 is 5.32 Å². The smallest absolute Gasteiger partial charge is 0.0542 e. The molecule has 0 fully saturated rings. The maximum Gasteiger partial charge on any atom is 0.0542 e. The van der Waals surface area contributed by atoms with Crippen LogP contribution in [0.25, 0.3) is 0 Å². The molecule has 15 heavy (non-hydrogen) atoms. The number of hydrogen-bond acceptors (Lipinski definition) is 3. The Bertz CT molecular complexity index is 316. The van der Waals surface area contributed by atoms with E-state index in [9.17, 15) is 4.21 Å². The minimum absolute atomic E-state index is 0.678. The maximum absolute atomic E-state index is 10.8. The Labute approximate surface area is 101 Å². The third-order valence-electron chi connectivity index (χ3n) is 1.88. The molecule has 1 rings (SSSR count). The normalized spacial score (nSPS) is 12.7. The van der Waals surface area contributed by atoms with Crippen LogP contribution in [-0.2, 0) is 17.3 Å². The molecule has 84 valence electrons. The van der Waals surface area contributed by atoms with Crippen LogP contribution in [0.3, 0.4) is 0 Å². The average Bonchev–Trinajstić information content (AvgIpc) is 2.20. The second kappa shape index (κ2) is 7.09. The highest BCUT2D eigenvalue weighted by atomic mass is 79.9. The summed E-state index contributed by atoms with van der Waals surface area (Å²) in [7, 11) is -0.678. The zero-order chi connectivity index (χ0) is 11.1. The van der Waals surface area contributed by atoms with Crippen molar-refractivity contribution >= 4 is 26.7 Å². The summed E-state index contributed by atoms with van der Waals surface area (Å²) in [6.07, 6.45) is 4.47. The van der Waals surface area contributed by atoms with E-state index in [0.717, 1.165) is 35.4 Å². The molecular formula is C10H15BrN2OS. The molecule has 1 aromatic heterocycles. The molecule has 1 heterocycles. The van der Waals surface area contributed by atoms with Crippen molar-refractivity contribution in [2.24, 2.45) is 0 Å². The first kappa shape index (κ1) is 12.8. The highest BCUT2D eigenvalue weighted by Crippen LogP contribution is 2.06. The van der Waals surface area contributed by atoms with E-state index in [0.29, 0.717) is 0 Å². The number of aromatic nitrogens is 1. The van der Waals surface area contributed by atoms with Crippen molar-refractivity contribution in [1.82, 2.24) is 10.3 Å². The van der Waals surface area contributed by atoms with Gasteiger partial charge in [0.1, 0.15) is 0 Å². The molecule has 1 aromatic rings. The third kappa shape index (κ3) is 6.02. The summed E-state index contributed by atoms with van der Waals surface area (Å²) >= 11 is 3.34. The van der Waals surface area contributed by atoms with E-state index >= 15 is 0 Å². The molecule has 1 unspecified atom stereocenters. The quantitative estimate of drug-likeness (QED) is 0.811. The van der Waals surface area contributed by atoms with Crippen molar-refractivity contribution in [3.05, 3.63) is 28.5 Å². The van der Waals surface area contributed by atoms with Gasteiger partial charge in [0.2, 0.25) is 0 Å². The largest absolute Gasteiger partial charge is 0.311 e. The van der Waals surface area contributed by atoms with Gasteiger partial charge in [-0.2, -0.15) is 0 Å². The van der Waals surface area contributed by atoms with E-state index < -0.39 is 10.8 Å². The number of halogens is 1. The van der Waals surface area contributed by atoms with Crippen LogP contribution in [0.5, 0.6) is 0 Å². The molecule has 0 saturated heterocycles. The van der Waals surface area contributed by atoms with Gasteiger partial charge in [0.25, 0.3) is 0 Å². The molecule has 0 aromatic carbocycles. The lowest BCUT2D eigenvalue weighted by molar-refractivity contribution is 0.655. The lowest BCUT2D eigenvalue weighted by Crippen LogP contribution is -2.17. The van der Waals surface area contributed by atoms with E-state index in [-0.39, 0.29) is 0 Å². The SMILES string of the molecule is CS(=O)CCCNCc1ccc(Br)cn1. The molecule has 3 nitrogen and oxygen atoms in total. The van der Waals surface area contributed by atoms with Gasteiger partial charge in [-0.25, -0.2) is 0 Å². The predicted molar refractivity (Wildman–Crippen MR) is 67.2 cm³/mol. The highest BCUT2D eigenvalue weighted by Gasteiger charge is 1.95. The van der Waals surface area contributed by atoms with Crippen molar-refractivity contribution in [3.8, 4) is 0 Å². The second-order valence-electron chi connectivity index (χ2n) is 3.28. The molecule has 1 N–H and O–H groups in total. The first-order valence-electron chi connectivity index (χ1n) is 4.79. The third-order valence-corrected chi connectivity index (χ3v) is 3.21. The fraction of sp³-hybridized carbons (Fsp3) is 0.500. The van der Waals surface area contributed by atoms with E-state index in [1.54, 1.807) is 12.5 Å². The van der Waals surface area contributed by atoms with Crippen LogP contribution in [0.2, 0.25) is 0 Å². The lowest BCUT2D eigenvalue weighted by Gasteiger charge is -2.03. The number of nitrogens with zero attached hydrogens (tertiary/aromatic N) is 1. The summed E-state index contributed by atoms with van der Waals surface area (Å²) in [6, 6.07) is 3.96. The molecule has 1 atom stereocenters. The van der Waals surface area contributed by atoms with Gasteiger partial charge in [-0.3, -0.25) is 9.19 Å². The summed E-state index contributed by atoms with van der Waals surface area (Å²) in [5.41, 5.74) is 1.02. The first-order valence-corrected chi connectivity index (χ1v) is 7.31. The molecule has 0 bridgehead atoms.